The molecule has 48 heavy (non-hydrogen) atoms. The van der Waals surface area contributed by atoms with Crippen molar-refractivity contribution >= 4 is 11.7 Å². The summed E-state index contributed by atoms with van der Waals surface area (Å²) in [5, 5.41) is 9.49. The molecule has 1 fully saturated rings. The van der Waals surface area contributed by atoms with Crippen molar-refractivity contribution in [1.29, 1.82) is 0 Å². The SMILES string of the molecule is COc1ccc(Cn2nnn(CC(=O)NC(CC(=O)c3ccc(C)cc3)(C3CCC(OCCCC(F)(F)F)CC3)C(F)(F)F)c2=O)cc1. The molecule has 0 saturated heterocycles. The number of ether oxygens (including phenoxy) is 2. The van der Waals surface area contributed by atoms with Gasteiger partial charge in [0, 0.05) is 25.0 Å². The van der Waals surface area contributed by atoms with E-state index in [-0.39, 0.29) is 50.8 Å². The first-order valence-electron chi connectivity index (χ1n) is 15.4. The van der Waals surface area contributed by atoms with Crippen molar-refractivity contribution in [3.05, 3.63) is 75.7 Å². The number of tetrazole rings is 1. The Hall–Kier alpha value is -4.21. The van der Waals surface area contributed by atoms with Crippen LogP contribution in [0.15, 0.2) is 53.3 Å². The van der Waals surface area contributed by atoms with Crippen molar-refractivity contribution in [3.63, 3.8) is 0 Å². The quantitative estimate of drug-likeness (QED) is 0.137. The van der Waals surface area contributed by atoms with Crippen LogP contribution in [-0.2, 0) is 22.6 Å². The number of alkyl halides is 6. The molecule has 0 aliphatic heterocycles. The second-order valence-electron chi connectivity index (χ2n) is 12.0. The van der Waals surface area contributed by atoms with Crippen molar-refractivity contribution < 1.29 is 45.4 Å². The summed E-state index contributed by atoms with van der Waals surface area (Å²) in [5.41, 5.74) is -2.38. The van der Waals surface area contributed by atoms with Crippen molar-refractivity contribution in [1.82, 2.24) is 25.1 Å². The Morgan fingerprint density at radius 1 is 0.917 bits per heavy atom. The van der Waals surface area contributed by atoms with E-state index in [1.807, 2.05) is 0 Å². The average molecular weight is 686 g/mol. The van der Waals surface area contributed by atoms with Crippen LogP contribution in [0.25, 0.3) is 0 Å². The number of nitrogens with one attached hydrogen (secondary N) is 1. The van der Waals surface area contributed by atoms with Crippen LogP contribution in [0.2, 0.25) is 0 Å². The highest BCUT2D eigenvalue weighted by Crippen LogP contribution is 2.46. The van der Waals surface area contributed by atoms with Crippen LogP contribution in [0.5, 0.6) is 5.75 Å². The van der Waals surface area contributed by atoms with E-state index >= 15 is 13.2 Å². The third-order valence-corrected chi connectivity index (χ3v) is 8.49. The Kier molecular flexibility index (Phi) is 11.7. The number of halogens is 6. The van der Waals surface area contributed by atoms with Gasteiger partial charge in [0.25, 0.3) is 0 Å². The van der Waals surface area contributed by atoms with E-state index in [0.29, 0.717) is 16.0 Å². The number of methoxy groups -OCH3 is 1. The van der Waals surface area contributed by atoms with Gasteiger partial charge < -0.3 is 14.8 Å². The molecule has 10 nitrogen and oxygen atoms in total. The molecule has 1 aliphatic carbocycles. The first kappa shape index (κ1) is 36.6. The summed E-state index contributed by atoms with van der Waals surface area (Å²) in [5.74, 6) is -2.73. The molecule has 2 aromatic carbocycles. The minimum atomic E-state index is -5.11. The van der Waals surface area contributed by atoms with Crippen LogP contribution in [0.1, 0.15) is 66.4 Å². The first-order valence-corrected chi connectivity index (χ1v) is 15.4. The molecule has 1 aliphatic rings. The zero-order valence-corrected chi connectivity index (χ0v) is 26.4. The first-order chi connectivity index (χ1) is 22.6. The lowest BCUT2D eigenvalue weighted by atomic mass is 9.70. The van der Waals surface area contributed by atoms with Crippen LogP contribution in [0.3, 0.4) is 0 Å². The van der Waals surface area contributed by atoms with E-state index in [1.165, 1.54) is 19.2 Å². The van der Waals surface area contributed by atoms with Gasteiger partial charge in [0.1, 0.15) is 17.8 Å². The number of carbonyl (C=O) groups is 2. The number of carbonyl (C=O) groups excluding carboxylic acids is 2. The predicted molar refractivity (Wildman–Crippen MR) is 160 cm³/mol. The highest BCUT2D eigenvalue weighted by Gasteiger charge is 2.61. The van der Waals surface area contributed by atoms with E-state index in [0.717, 1.165) is 10.2 Å². The Labute approximate surface area is 272 Å². The number of amides is 1. The lowest BCUT2D eigenvalue weighted by molar-refractivity contribution is -0.217. The standard InChI is InChI=1S/C32H37F6N5O5/c1-21-4-8-23(9-5-21)27(44)18-30(32(36,37)38,24-10-14-26(15-11-24)48-17-3-16-31(33,34)35)39-28(45)20-43-29(46)42(40-41-43)19-22-6-12-25(47-2)13-7-22/h4-9,12-13,24,26H,3,10-11,14-20H2,1-2H3,(H,39,45). The summed E-state index contributed by atoms with van der Waals surface area (Å²) in [6, 6.07) is 12.7. The van der Waals surface area contributed by atoms with E-state index in [9.17, 15) is 27.6 Å². The second-order valence-corrected chi connectivity index (χ2v) is 12.0. The molecule has 1 saturated carbocycles. The Morgan fingerprint density at radius 3 is 2.12 bits per heavy atom. The Balaban J connectivity index is 1.53. The van der Waals surface area contributed by atoms with Gasteiger partial charge in [-0.15, -0.1) is 0 Å². The average Bonchev–Trinajstić information content (AvgIpc) is 3.36. The summed E-state index contributed by atoms with van der Waals surface area (Å²) in [6.45, 7) is 0.641. The number of rotatable bonds is 14. The van der Waals surface area contributed by atoms with Gasteiger partial charge in [0.2, 0.25) is 5.91 Å². The predicted octanol–water partition coefficient (Wildman–Crippen LogP) is 5.41. The van der Waals surface area contributed by atoms with Gasteiger partial charge in [-0.1, -0.05) is 42.0 Å². The van der Waals surface area contributed by atoms with Gasteiger partial charge in [-0.3, -0.25) is 9.59 Å². The molecule has 1 amide bonds. The van der Waals surface area contributed by atoms with Gasteiger partial charge in [-0.25, -0.2) is 4.79 Å². The fraction of sp³-hybridized carbons (Fsp3) is 0.531. The molecular formula is C32H37F6N5O5. The molecule has 3 aromatic rings. The Morgan fingerprint density at radius 2 is 1.54 bits per heavy atom. The third-order valence-electron chi connectivity index (χ3n) is 8.49. The number of aromatic nitrogens is 4. The number of nitrogens with zero attached hydrogens (tertiary/aromatic N) is 4. The minimum absolute atomic E-state index is 0.0243. The van der Waals surface area contributed by atoms with Crippen LogP contribution >= 0.6 is 0 Å². The molecular weight excluding hydrogens is 648 g/mol. The molecule has 1 unspecified atom stereocenters. The fourth-order valence-electron chi connectivity index (χ4n) is 5.87. The smallest absolute Gasteiger partial charge is 0.412 e. The molecule has 1 atom stereocenters. The van der Waals surface area contributed by atoms with Crippen molar-refractivity contribution in [3.8, 4) is 5.75 Å². The van der Waals surface area contributed by atoms with Crippen LogP contribution in [0, 0.1) is 12.8 Å². The van der Waals surface area contributed by atoms with E-state index in [4.69, 9.17) is 9.47 Å². The number of Topliss-reactive ketones (excluding diaryl/α,β-unsaturated/α-hetero) is 1. The largest absolute Gasteiger partial charge is 0.497 e. The number of hydrogen-bond acceptors (Lipinski definition) is 7. The lowest BCUT2D eigenvalue weighted by Gasteiger charge is -2.45. The summed E-state index contributed by atoms with van der Waals surface area (Å²) in [7, 11) is 1.49. The number of ketones is 1. The summed E-state index contributed by atoms with van der Waals surface area (Å²) < 4.78 is 95.3. The lowest BCUT2D eigenvalue weighted by Crippen LogP contribution is -2.65. The monoisotopic (exact) mass is 685 g/mol. The second kappa shape index (κ2) is 15.3. The van der Waals surface area contributed by atoms with Crippen LogP contribution in [0.4, 0.5) is 26.3 Å². The molecule has 1 N–H and O–H groups in total. The van der Waals surface area contributed by atoms with Crippen molar-refractivity contribution in [2.45, 2.75) is 89.0 Å². The number of hydrogen-bond donors (Lipinski definition) is 1. The molecule has 16 heteroatoms. The van der Waals surface area contributed by atoms with E-state index < -0.39 is 66.7 Å². The van der Waals surface area contributed by atoms with E-state index in [2.05, 4.69) is 15.7 Å². The molecule has 1 aromatic heterocycles. The molecule has 262 valence electrons. The van der Waals surface area contributed by atoms with Crippen molar-refractivity contribution in [2.24, 2.45) is 5.92 Å². The zero-order chi connectivity index (χ0) is 35.1. The summed E-state index contributed by atoms with van der Waals surface area (Å²) in [4.78, 5) is 39.6. The molecule has 0 radical (unpaired) electrons. The maximum Gasteiger partial charge on any atom is 0.412 e. The van der Waals surface area contributed by atoms with E-state index in [1.54, 1.807) is 43.3 Å². The molecule has 0 bridgehead atoms. The van der Waals surface area contributed by atoms with Crippen LogP contribution < -0.4 is 15.7 Å². The van der Waals surface area contributed by atoms with Crippen LogP contribution in [-0.4, -0.2) is 69.2 Å². The highest BCUT2D eigenvalue weighted by molar-refractivity contribution is 5.97. The normalized spacial score (nSPS) is 18.2. The zero-order valence-electron chi connectivity index (χ0n) is 26.4. The maximum absolute atomic E-state index is 15.2. The topological polar surface area (TPSA) is 117 Å². The number of benzene rings is 2. The van der Waals surface area contributed by atoms with Gasteiger partial charge in [0.05, 0.1) is 19.8 Å². The maximum atomic E-state index is 15.2. The van der Waals surface area contributed by atoms with Crippen molar-refractivity contribution in [2.75, 3.05) is 13.7 Å². The number of aryl methyl sites for hydroxylation is 1. The van der Waals surface area contributed by atoms with Gasteiger partial charge >= 0.3 is 18.0 Å². The van der Waals surface area contributed by atoms with Gasteiger partial charge in [-0.2, -0.15) is 35.7 Å². The molecule has 1 heterocycles. The fourth-order valence-corrected chi connectivity index (χ4v) is 5.87. The summed E-state index contributed by atoms with van der Waals surface area (Å²) in [6.07, 6.45) is -12.5. The minimum Gasteiger partial charge on any atom is -0.497 e. The van der Waals surface area contributed by atoms with Gasteiger partial charge in [-0.05, 0) is 73.1 Å². The van der Waals surface area contributed by atoms with Gasteiger partial charge in [0.15, 0.2) is 5.78 Å². The summed E-state index contributed by atoms with van der Waals surface area (Å²) >= 11 is 0. The molecule has 4 rings (SSSR count). The highest BCUT2D eigenvalue weighted by atomic mass is 19.4. The molecule has 0 spiro atoms. The third kappa shape index (κ3) is 9.45. The Bertz CT molecular complexity index is 1580.